The van der Waals surface area contributed by atoms with Crippen molar-refractivity contribution in [1.82, 2.24) is 10.3 Å². The first kappa shape index (κ1) is 15.7. The van der Waals surface area contributed by atoms with Crippen LogP contribution in [0.2, 0.25) is 0 Å². The highest BCUT2D eigenvalue weighted by molar-refractivity contribution is 14.1. The van der Waals surface area contributed by atoms with Gasteiger partial charge in [0.15, 0.2) is 0 Å². The van der Waals surface area contributed by atoms with Gasteiger partial charge in [-0.25, -0.2) is 4.39 Å². The van der Waals surface area contributed by atoms with Crippen LogP contribution in [0.3, 0.4) is 0 Å². The van der Waals surface area contributed by atoms with Gasteiger partial charge in [-0.05, 0) is 66.3 Å². The van der Waals surface area contributed by atoms with Crippen molar-refractivity contribution in [3.63, 3.8) is 0 Å². The Kier molecular flexibility index (Phi) is 4.76. The molecule has 1 aromatic heterocycles. The number of amides is 1. The lowest BCUT2D eigenvalue weighted by molar-refractivity contribution is 0.0950. The third-order valence-corrected chi connectivity index (χ3v) is 3.98. The molecule has 0 unspecified atom stereocenters. The lowest BCUT2D eigenvalue weighted by Crippen LogP contribution is -2.28. The van der Waals surface area contributed by atoms with Crippen molar-refractivity contribution < 1.29 is 9.18 Å². The molecular weight excluding hydrogens is 386 g/mol. The van der Waals surface area contributed by atoms with Gasteiger partial charge < -0.3 is 10.3 Å². The van der Waals surface area contributed by atoms with Crippen molar-refractivity contribution in [1.29, 1.82) is 0 Å². The van der Waals surface area contributed by atoms with Gasteiger partial charge in [-0.2, -0.15) is 0 Å². The number of pyridine rings is 1. The van der Waals surface area contributed by atoms with Crippen molar-refractivity contribution in [3.05, 3.63) is 66.4 Å². The highest BCUT2D eigenvalue weighted by Crippen LogP contribution is 2.12. The van der Waals surface area contributed by atoms with Crippen LogP contribution in [0.4, 0.5) is 4.39 Å². The molecule has 0 saturated carbocycles. The second-order valence-corrected chi connectivity index (χ2v) is 5.92. The zero-order chi connectivity index (χ0) is 15.6. The van der Waals surface area contributed by atoms with Gasteiger partial charge in [0.1, 0.15) is 5.82 Å². The van der Waals surface area contributed by atoms with E-state index in [4.69, 9.17) is 0 Å². The van der Waals surface area contributed by atoms with Crippen LogP contribution in [0.1, 0.15) is 27.2 Å². The third kappa shape index (κ3) is 3.69. The molecule has 0 fully saturated rings. The summed E-state index contributed by atoms with van der Waals surface area (Å²) in [6.45, 7) is 3.72. The lowest BCUT2D eigenvalue weighted by atomic mass is 10.1. The maximum absolute atomic E-state index is 13.4. The first-order valence-corrected chi connectivity index (χ1v) is 7.39. The highest BCUT2D eigenvalue weighted by Gasteiger charge is 2.11. The molecule has 1 aromatic carbocycles. The zero-order valence-electron chi connectivity index (χ0n) is 11.6. The number of hydrogen-bond acceptors (Lipinski definition) is 2. The molecule has 0 aliphatic carbocycles. The van der Waals surface area contributed by atoms with E-state index in [0.717, 1.165) is 11.3 Å². The van der Waals surface area contributed by atoms with E-state index >= 15 is 0 Å². The van der Waals surface area contributed by atoms with Gasteiger partial charge in [-0.1, -0.05) is 0 Å². The molecule has 2 N–H and O–H groups in total. The monoisotopic (exact) mass is 400 g/mol. The molecule has 0 bridgehead atoms. The molecule has 0 aliphatic rings. The summed E-state index contributed by atoms with van der Waals surface area (Å²) in [5.41, 5.74) is 2.09. The van der Waals surface area contributed by atoms with E-state index in [-0.39, 0.29) is 17.7 Å². The minimum Gasteiger partial charge on any atom is -0.348 e. The minimum absolute atomic E-state index is 0.105. The molecule has 4 nitrogen and oxygen atoms in total. The van der Waals surface area contributed by atoms with E-state index < -0.39 is 11.7 Å². The van der Waals surface area contributed by atoms with Crippen molar-refractivity contribution in [2.75, 3.05) is 0 Å². The van der Waals surface area contributed by atoms with Gasteiger partial charge in [0.25, 0.3) is 11.5 Å². The molecule has 2 aromatic rings. The Hall–Kier alpha value is -1.70. The maximum Gasteiger partial charge on any atom is 0.253 e. The van der Waals surface area contributed by atoms with Crippen molar-refractivity contribution in [2.24, 2.45) is 0 Å². The standard InChI is InChI=1S/C15H14FIN2O2/c1-8-5-9(2)19-15(21)11(8)7-18-14(20)10-3-4-13(17)12(16)6-10/h3-6H,7H2,1-2H3,(H,18,20)(H,19,21). The summed E-state index contributed by atoms with van der Waals surface area (Å²) >= 11 is 1.85. The van der Waals surface area contributed by atoms with Gasteiger partial charge in [0, 0.05) is 26.9 Å². The third-order valence-electron chi connectivity index (χ3n) is 3.10. The molecule has 0 atom stereocenters. The number of carbonyl (C=O) groups is 1. The first-order valence-electron chi connectivity index (χ1n) is 6.31. The Morgan fingerprint density at radius 3 is 2.67 bits per heavy atom. The highest BCUT2D eigenvalue weighted by atomic mass is 127. The fourth-order valence-corrected chi connectivity index (χ4v) is 2.34. The number of rotatable bonds is 3. The van der Waals surface area contributed by atoms with E-state index in [2.05, 4.69) is 10.3 Å². The summed E-state index contributed by atoms with van der Waals surface area (Å²) in [4.78, 5) is 26.5. The van der Waals surface area contributed by atoms with Crippen LogP contribution >= 0.6 is 22.6 Å². The summed E-state index contributed by atoms with van der Waals surface area (Å²) in [6, 6.07) is 6.11. The van der Waals surface area contributed by atoms with Gasteiger partial charge >= 0.3 is 0 Å². The van der Waals surface area contributed by atoms with Crippen LogP contribution in [0.5, 0.6) is 0 Å². The number of H-pyrrole nitrogens is 1. The fraction of sp³-hybridized carbons (Fsp3) is 0.200. The average molecular weight is 400 g/mol. The second-order valence-electron chi connectivity index (χ2n) is 4.75. The van der Waals surface area contributed by atoms with Gasteiger partial charge in [0.2, 0.25) is 0 Å². The number of hydrogen-bond donors (Lipinski definition) is 2. The van der Waals surface area contributed by atoms with Crippen LogP contribution in [-0.4, -0.2) is 10.9 Å². The molecule has 0 spiro atoms. The lowest BCUT2D eigenvalue weighted by Gasteiger charge is -2.08. The van der Waals surface area contributed by atoms with Gasteiger partial charge in [-0.15, -0.1) is 0 Å². The van der Waals surface area contributed by atoms with Crippen LogP contribution in [0, 0.1) is 23.2 Å². The Morgan fingerprint density at radius 2 is 2.05 bits per heavy atom. The topological polar surface area (TPSA) is 62.0 Å². The summed E-state index contributed by atoms with van der Waals surface area (Å²) in [5, 5.41) is 2.63. The zero-order valence-corrected chi connectivity index (χ0v) is 13.7. The van der Waals surface area contributed by atoms with E-state index in [1.54, 1.807) is 13.0 Å². The summed E-state index contributed by atoms with van der Waals surface area (Å²) in [5.74, 6) is -0.850. The number of aryl methyl sites for hydroxylation is 2. The number of halogens is 2. The van der Waals surface area contributed by atoms with Crippen molar-refractivity contribution in [3.8, 4) is 0 Å². The predicted octanol–water partition coefficient (Wildman–Crippen LogP) is 2.67. The van der Waals surface area contributed by atoms with Gasteiger partial charge in [0.05, 0.1) is 0 Å². The Labute approximate surface area is 134 Å². The van der Waals surface area contributed by atoms with Crippen molar-refractivity contribution >= 4 is 28.5 Å². The largest absolute Gasteiger partial charge is 0.348 e. The minimum atomic E-state index is -0.437. The van der Waals surface area contributed by atoms with Crippen LogP contribution in [0.15, 0.2) is 29.1 Å². The molecule has 0 radical (unpaired) electrons. The number of aromatic amines is 1. The van der Waals surface area contributed by atoms with Crippen LogP contribution in [0.25, 0.3) is 0 Å². The summed E-state index contributed by atoms with van der Waals surface area (Å²) in [7, 11) is 0. The van der Waals surface area contributed by atoms with Crippen molar-refractivity contribution in [2.45, 2.75) is 20.4 Å². The first-order chi connectivity index (χ1) is 9.88. The van der Waals surface area contributed by atoms with Crippen LogP contribution < -0.4 is 10.9 Å². The van der Waals surface area contributed by atoms with Crippen LogP contribution in [-0.2, 0) is 6.54 Å². The Balaban J connectivity index is 2.15. The summed E-state index contributed by atoms with van der Waals surface area (Å²) < 4.78 is 13.9. The Morgan fingerprint density at radius 1 is 1.33 bits per heavy atom. The molecule has 0 aliphatic heterocycles. The smallest absolute Gasteiger partial charge is 0.253 e. The van der Waals surface area contributed by atoms with Gasteiger partial charge in [-0.3, -0.25) is 9.59 Å². The molecule has 110 valence electrons. The molecule has 2 rings (SSSR count). The molecule has 0 saturated heterocycles. The summed E-state index contributed by atoms with van der Waals surface area (Å²) in [6.07, 6.45) is 0. The molecular formula is C15H14FIN2O2. The quantitative estimate of drug-likeness (QED) is 0.779. The Bertz CT molecular complexity index is 756. The molecule has 6 heteroatoms. The molecule has 1 amide bonds. The van der Waals surface area contributed by atoms with E-state index in [1.807, 2.05) is 35.6 Å². The number of benzene rings is 1. The van der Waals surface area contributed by atoms with E-state index in [0.29, 0.717) is 9.13 Å². The molecule has 1 heterocycles. The van der Waals surface area contributed by atoms with E-state index in [1.165, 1.54) is 12.1 Å². The second kappa shape index (κ2) is 6.38. The maximum atomic E-state index is 13.4. The number of aromatic nitrogens is 1. The fourth-order valence-electron chi connectivity index (χ4n) is 2.01. The SMILES string of the molecule is Cc1cc(C)c(CNC(=O)c2ccc(I)c(F)c2)c(=O)[nH]1. The predicted molar refractivity (Wildman–Crippen MR) is 86.8 cm³/mol. The normalized spacial score (nSPS) is 10.5. The number of nitrogens with one attached hydrogen (secondary N) is 2. The van der Waals surface area contributed by atoms with E-state index in [9.17, 15) is 14.0 Å². The average Bonchev–Trinajstić information content (AvgIpc) is 2.40. The molecule has 21 heavy (non-hydrogen) atoms. The number of carbonyl (C=O) groups excluding carboxylic acids is 1.